The van der Waals surface area contributed by atoms with E-state index in [1.54, 1.807) is 0 Å². The number of nitrogens with one attached hydrogen (secondary N) is 1. The van der Waals surface area contributed by atoms with Crippen molar-refractivity contribution in [3.05, 3.63) is 35.4 Å². The summed E-state index contributed by atoms with van der Waals surface area (Å²) in [6.45, 7) is 6.38. The molecule has 4 heteroatoms. The van der Waals surface area contributed by atoms with E-state index in [1.165, 1.54) is 11.1 Å². The highest BCUT2D eigenvalue weighted by atomic mass is 16.4. The quantitative estimate of drug-likeness (QED) is 0.834. The van der Waals surface area contributed by atoms with E-state index in [1.807, 2.05) is 6.92 Å². The van der Waals surface area contributed by atoms with Gasteiger partial charge in [0.15, 0.2) is 0 Å². The van der Waals surface area contributed by atoms with Crippen molar-refractivity contribution in [1.29, 1.82) is 0 Å². The maximum Gasteiger partial charge on any atom is 0.306 e. The van der Waals surface area contributed by atoms with E-state index >= 15 is 0 Å². The van der Waals surface area contributed by atoms with Gasteiger partial charge in [0.1, 0.15) is 0 Å². The number of hydrogen-bond donors (Lipinski definition) is 2. The molecule has 0 bridgehead atoms. The smallest absolute Gasteiger partial charge is 0.306 e. The van der Waals surface area contributed by atoms with Crippen molar-refractivity contribution in [2.45, 2.75) is 64.8 Å². The molecule has 1 aromatic rings. The highest BCUT2D eigenvalue weighted by Crippen LogP contribution is 2.29. The molecule has 0 saturated heterocycles. The van der Waals surface area contributed by atoms with E-state index in [2.05, 4.69) is 43.4 Å². The largest absolute Gasteiger partial charge is 0.481 e. The van der Waals surface area contributed by atoms with Gasteiger partial charge in [-0.25, -0.2) is 0 Å². The fourth-order valence-electron chi connectivity index (χ4n) is 3.41. The van der Waals surface area contributed by atoms with Crippen LogP contribution >= 0.6 is 0 Å². The van der Waals surface area contributed by atoms with Gasteiger partial charge < -0.3 is 10.4 Å². The minimum absolute atomic E-state index is 0.0358. The van der Waals surface area contributed by atoms with E-state index in [0.717, 1.165) is 6.42 Å². The number of aliphatic carboxylic acids is 1. The van der Waals surface area contributed by atoms with Crippen LogP contribution in [0.3, 0.4) is 0 Å². The molecular weight excluding hydrogens is 302 g/mol. The third-order valence-electron chi connectivity index (χ3n) is 5.02. The number of carboxylic acid groups (broad SMARTS) is 1. The molecule has 1 fully saturated rings. The molecule has 0 heterocycles. The summed E-state index contributed by atoms with van der Waals surface area (Å²) in [6, 6.07) is 8.66. The molecule has 1 saturated carbocycles. The van der Waals surface area contributed by atoms with Gasteiger partial charge in [0.05, 0.1) is 5.92 Å². The van der Waals surface area contributed by atoms with Crippen LogP contribution in [-0.2, 0) is 16.0 Å². The van der Waals surface area contributed by atoms with Gasteiger partial charge in [-0.1, -0.05) is 38.1 Å². The Hall–Kier alpha value is -1.84. The second-order valence-corrected chi connectivity index (χ2v) is 7.40. The van der Waals surface area contributed by atoms with Gasteiger partial charge in [0, 0.05) is 12.0 Å². The van der Waals surface area contributed by atoms with Gasteiger partial charge in [0.25, 0.3) is 0 Å². The fraction of sp³-hybridized carbons (Fsp3) is 0.600. The number of hydrogen-bond acceptors (Lipinski definition) is 2. The molecule has 0 aliphatic heterocycles. The first kappa shape index (κ1) is 18.5. The minimum atomic E-state index is -0.730. The van der Waals surface area contributed by atoms with Crippen molar-refractivity contribution in [3.63, 3.8) is 0 Å². The van der Waals surface area contributed by atoms with E-state index in [-0.39, 0.29) is 23.8 Å². The summed E-state index contributed by atoms with van der Waals surface area (Å²) in [5.74, 6) is -0.438. The second kappa shape index (κ2) is 8.32. The van der Waals surface area contributed by atoms with Gasteiger partial charge in [-0.15, -0.1) is 0 Å². The molecular formula is C20H29NO3. The molecule has 1 amide bonds. The van der Waals surface area contributed by atoms with Gasteiger partial charge >= 0.3 is 5.97 Å². The van der Waals surface area contributed by atoms with Crippen LogP contribution in [0.25, 0.3) is 0 Å². The lowest BCUT2D eigenvalue weighted by molar-refractivity contribution is -0.144. The van der Waals surface area contributed by atoms with Crippen molar-refractivity contribution < 1.29 is 14.7 Å². The maximum atomic E-state index is 12.4. The zero-order valence-electron chi connectivity index (χ0n) is 14.9. The molecule has 0 radical (unpaired) electrons. The molecule has 1 unspecified atom stereocenters. The van der Waals surface area contributed by atoms with Gasteiger partial charge in [-0.3, -0.25) is 9.59 Å². The van der Waals surface area contributed by atoms with Gasteiger partial charge in [-0.05, 0) is 56.1 Å². The Morgan fingerprint density at radius 3 is 2.08 bits per heavy atom. The summed E-state index contributed by atoms with van der Waals surface area (Å²) in [7, 11) is 0. The number of carbonyl (C=O) groups excluding carboxylic acids is 1. The van der Waals surface area contributed by atoms with Crippen molar-refractivity contribution in [1.82, 2.24) is 5.32 Å². The first-order valence-electron chi connectivity index (χ1n) is 8.98. The minimum Gasteiger partial charge on any atom is -0.481 e. The number of benzene rings is 1. The summed E-state index contributed by atoms with van der Waals surface area (Å²) in [5.41, 5.74) is 2.55. The molecule has 1 atom stereocenters. The predicted molar refractivity (Wildman–Crippen MR) is 94.9 cm³/mol. The number of rotatable bonds is 6. The van der Waals surface area contributed by atoms with E-state index < -0.39 is 5.97 Å². The van der Waals surface area contributed by atoms with Crippen LogP contribution < -0.4 is 5.32 Å². The summed E-state index contributed by atoms with van der Waals surface area (Å²) < 4.78 is 0. The monoisotopic (exact) mass is 331 g/mol. The molecule has 1 aliphatic rings. The molecule has 1 aliphatic carbocycles. The van der Waals surface area contributed by atoms with Crippen molar-refractivity contribution in [2.24, 2.45) is 11.8 Å². The molecule has 1 aromatic carbocycles. The van der Waals surface area contributed by atoms with Crippen LogP contribution in [0.1, 0.15) is 63.5 Å². The lowest BCUT2D eigenvalue weighted by Crippen LogP contribution is -2.40. The van der Waals surface area contributed by atoms with Gasteiger partial charge in [-0.2, -0.15) is 0 Å². The highest BCUT2D eigenvalue weighted by molar-refractivity contribution is 5.79. The molecule has 0 aromatic heterocycles. The zero-order chi connectivity index (χ0) is 17.7. The summed E-state index contributed by atoms with van der Waals surface area (Å²) in [4.78, 5) is 23.3. The van der Waals surface area contributed by atoms with Crippen LogP contribution in [-0.4, -0.2) is 23.0 Å². The van der Waals surface area contributed by atoms with Crippen LogP contribution in [0.5, 0.6) is 0 Å². The first-order chi connectivity index (χ1) is 11.4. The lowest BCUT2D eigenvalue weighted by atomic mass is 9.81. The number of carboxylic acids is 1. The van der Waals surface area contributed by atoms with Crippen molar-refractivity contribution >= 4 is 11.9 Å². The van der Waals surface area contributed by atoms with Crippen LogP contribution in [0, 0.1) is 11.8 Å². The number of amides is 1. The molecule has 24 heavy (non-hydrogen) atoms. The molecule has 2 N–H and O–H groups in total. The molecule has 0 spiro atoms. The summed E-state index contributed by atoms with van der Waals surface area (Å²) >= 11 is 0. The second-order valence-electron chi connectivity index (χ2n) is 7.40. The fourth-order valence-corrected chi connectivity index (χ4v) is 3.41. The third kappa shape index (κ3) is 5.08. The summed E-state index contributed by atoms with van der Waals surface area (Å²) in [5, 5.41) is 12.1. The Bertz CT molecular complexity index is 557. The normalized spacial score (nSPS) is 22.2. The van der Waals surface area contributed by atoms with Crippen molar-refractivity contribution in [3.8, 4) is 0 Å². The standard InChI is InChI=1S/C20H29NO3/c1-13(2)16-6-4-15(5-7-16)12-14(3)21-19(22)17-8-10-18(11-9-17)20(23)24/h4-7,13-14,17-18H,8-12H2,1-3H3,(H,21,22)(H,23,24). The van der Waals surface area contributed by atoms with E-state index in [9.17, 15) is 9.59 Å². The summed E-state index contributed by atoms with van der Waals surface area (Å²) in [6.07, 6.45) is 3.39. The van der Waals surface area contributed by atoms with Gasteiger partial charge in [0.2, 0.25) is 5.91 Å². The topological polar surface area (TPSA) is 66.4 Å². The third-order valence-corrected chi connectivity index (χ3v) is 5.02. The molecule has 4 nitrogen and oxygen atoms in total. The zero-order valence-corrected chi connectivity index (χ0v) is 14.9. The predicted octanol–water partition coefficient (Wildman–Crippen LogP) is 3.75. The highest BCUT2D eigenvalue weighted by Gasteiger charge is 2.30. The lowest BCUT2D eigenvalue weighted by Gasteiger charge is -2.26. The van der Waals surface area contributed by atoms with E-state index in [0.29, 0.717) is 31.6 Å². The average molecular weight is 331 g/mol. The Morgan fingerprint density at radius 1 is 1.04 bits per heavy atom. The Labute approximate surface area is 144 Å². The van der Waals surface area contributed by atoms with Crippen LogP contribution in [0.15, 0.2) is 24.3 Å². The molecule has 2 rings (SSSR count). The number of carbonyl (C=O) groups is 2. The Kier molecular flexibility index (Phi) is 6.41. The Balaban J connectivity index is 1.80. The average Bonchev–Trinajstić information content (AvgIpc) is 2.55. The molecule has 132 valence electrons. The van der Waals surface area contributed by atoms with E-state index in [4.69, 9.17) is 5.11 Å². The van der Waals surface area contributed by atoms with Crippen molar-refractivity contribution in [2.75, 3.05) is 0 Å². The SMILES string of the molecule is CC(Cc1ccc(C(C)C)cc1)NC(=O)C1CCC(C(=O)O)CC1. The maximum absolute atomic E-state index is 12.4. The van der Waals surface area contributed by atoms with Crippen LogP contribution in [0.4, 0.5) is 0 Å². The Morgan fingerprint density at radius 2 is 1.58 bits per heavy atom. The van der Waals surface area contributed by atoms with Crippen LogP contribution in [0.2, 0.25) is 0 Å². The first-order valence-corrected chi connectivity index (χ1v) is 8.98.